The van der Waals surface area contributed by atoms with Gasteiger partial charge in [0.15, 0.2) is 9.84 Å². The lowest BCUT2D eigenvalue weighted by Gasteiger charge is -2.19. The first-order chi connectivity index (χ1) is 9.95. The van der Waals surface area contributed by atoms with Crippen molar-refractivity contribution >= 4 is 21.5 Å². The van der Waals surface area contributed by atoms with Gasteiger partial charge in [-0.05, 0) is 41.5 Å². The van der Waals surface area contributed by atoms with Crippen molar-refractivity contribution in [3.63, 3.8) is 0 Å². The number of benzene rings is 2. The van der Waals surface area contributed by atoms with Gasteiger partial charge < -0.3 is 9.84 Å². The Kier molecular flexibility index (Phi) is 3.22. The summed E-state index contributed by atoms with van der Waals surface area (Å²) in [6, 6.07) is 11.7. The van der Waals surface area contributed by atoms with Crippen molar-refractivity contribution in [1.82, 2.24) is 0 Å². The number of hydrogen-bond acceptors (Lipinski definition) is 4. The van der Waals surface area contributed by atoms with Crippen molar-refractivity contribution in [2.24, 2.45) is 0 Å². The zero-order valence-corrected chi connectivity index (χ0v) is 12.2. The number of ether oxygens (including phenoxy) is 1. The molecule has 4 nitrogen and oxygen atoms in total. The maximum atomic E-state index is 11.9. The molecular formula is C16H14O4S. The molecule has 2 aromatic carbocycles. The summed E-state index contributed by atoms with van der Waals surface area (Å²) in [7, 11) is -3.31. The lowest BCUT2D eigenvalue weighted by atomic mass is 10.0. The monoisotopic (exact) mass is 302 g/mol. The van der Waals surface area contributed by atoms with Gasteiger partial charge in [0.1, 0.15) is 18.1 Å². The quantitative estimate of drug-likeness (QED) is 0.926. The fourth-order valence-corrected chi connectivity index (χ4v) is 3.30. The minimum Gasteiger partial charge on any atom is -0.508 e. The van der Waals surface area contributed by atoms with Crippen LogP contribution >= 0.6 is 0 Å². The summed E-state index contributed by atoms with van der Waals surface area (Å²) in [5, 5.41) is 9.55. The molecule has 1 heterocycles. The van der Waals surface area contributed by atoms with Crippen LogP contribution in [-0.2, 0) is 9.84 Å². The maximum absolute atomic E-state index is 11.9. The van der Waals surface area contributed by atoms with E-state index in [1.165, 1.54) is 6.26 Å². The predicted octanol–water partition coefficient (Wildman–Crippen LogP) is 2.73. The van der Waals surface area contributed by atoms with Gasteiger partial charge in [0.05, 0.1) is 4.90 Å². The number of rotatable bonds is 2. The SMILES string of the molecule is CS(=O)(=O)c1ccccc1C1=Cc2cc(O)ccc2OC1. The third-order valence-electron chi connectivity index (χ3n) is 3.34. The van der Waals surface area contributed by atoms with Crippen LogP contribution in [0.3, 0.4) is 0 Å². The second kappa shape index (κ2) is 4.93. The van der Waals surface area contributed by atoms with Crippen LogP contribution in [0.25, 0.3) is 11.6 Å². The molecule has 0 saturated carbocycles. The highest BCUT2D eigenvalue weighted by atomic mass is 32.2. The molecule has 0 radical (unpaired) electrons. The largest absolute Gasteiger partial charge is 0.508 e. The third-order valence-corrected chi connectivity index (χ3v) is 4.49. The Hall–Kier alpha value is -2.27. The number of hydrogen-bond donors (Lipinski definition) is 1. The lowest BCUT2D eigenvalue weighted by Crippen LogP contribution is -2.10. The first kappa shape index (κ1) is 13.7. The van der Waals surface area contributed by atoms with Crippen LogP contribution in [0.2, 0.25) is 0 Å². The van der Waals surface area contributed by atoms with Gasteiger partial charge >= 0.3 is 0 Å². The van der Waals surface area contributed by atoms with Crippen LogP contribution < -0.4 is 4.74 Å². The molecule has 0 aromatic heterocycles. The van der Waals surface area contributed by atoms with E-state index in [2.05, 4.69) is 0 Å². The van der Waals surface area contributed by atoms with E-state index in [4.69, 9.17) is 4.74 Å². The summed E-state index contributed by atoms with van der Waals surface area (Å²) < 4.78 is 29.4. The number of phenols is 1. The van der Waals surface area contributed by atoms with E-state index in [0.29, 0.717) is 17.9 Å². The Bertz CT molecular complexity index is 835. The first-order valence-electron chi connectivity index (χ1n) is 6.41. The molecule has 0 amide bonds. The standard InChI is InChI=1S/C16H14O4S/c1-21(18,19)16-5-3-2-4-14(16)12-8-11-9-13(17)6-7-15(11)20-10-12/h2-9,17H,10H2,1H3. The minimum absolute atomic E-state index is 0.145. The molecule has 0 aliphatic carbocycles. The van der Waals surface area contributed by atoms with Crippen LogP contribution in [0.5, 0.6) is 11.5 Å². The molecule has 0 fully saturated rings. The van der Waals surface area contributed by atoms with E-state index in [-0.39, 0.29) is 10.6 Å². The highest BCUT2D eigenvalue weighted by Gasteiger charge is 2.19. The molecule has 1 aliphatic heterocycles. The van der Waals surface area contributed by atoms with E-state index in [0.717, 1.165) is 11.1 Å². The van der Waals surface area contributed by atoms with E-state index in [9.17, 15) is 13.5 Å². The molecule has 1 N–H and O–H groups in total. The summed E-state index contributed by atoms with van der Waals surface area (Å²) in [6.45, 7) is 0.296. The second-order valence-corrected chi connectivity index (χ2v) is 6.93. The van der Waals surface area contributed by atoms with Crippen LogP contribution in [0.1, 0.15) is 11.1 Å². The van der Waals surface area contributed by atoms with Crippen molar-refractivity contribution in [3.8, 4) is 11.5 Å². The van der Waals surface area contributed by atoms with Crippen molar-refractivity contribution in [2.75, 3.05) is 12.9 Å². The second-order valence-electron chi connectivity index (χ2n) is 4.95. The number of aromatic hydroxyl groups is 1. The Morgan fingerprint density at radius 2 is 1.90 bits per heavy atom. The molecule has 0 atom stereocenters. The highest BCUT2D eigenvalue weighted by Crippen LogP contribution is 2.34. The summed E-state index contributed by atoms with van der Waals surface area (Å²) in [6.07, 6.45) is 3.04. The third kappa shape index (κ3) is 2.64. The fourth-order valence-electron chi connectivity index (χ4n) is 2.38. The Morgan fingerprint density at radius 3 is 2.67 bits per heavy atom. The zero-order chi connectivity index (χ0) is 15.0. The minimum atomic E-state index is -3.31. The molecule has 0 unspecified atom stereocenters. The molecule has 5 heteroatoms. The van der Waals surface area contributed by atoms with Crippen molar-refractivity contribution < 1.29 is 18.3 Å². The molecule has 1 aliphatic rings. The normalized spacial score (nSPS) is 14.0. The zero-order valence-electron chi connectivity index (χ0n) is 11.4. The van der Waals surface area contributed by atoms with Gasteiger partial charge in [-0.3, -0.25) is 0 Å². The van der Waals surface area contributed by atoms with Crippen LogP contribution in [-0.4, -0.2) is 26.4 Å². The lowest BCUT2D eigenvalue weighted by molar-refractivity contribution is 0.364. The van der Waals surface area contributed by atoms with Crippen molar-refractivity contribution in [3.05, 3.63) is 53.6 Å². The summed E-state index contributed by atoms with van der Waals surface area (Å²) >= 11 is 0. The van der Waals surface area contributed by atoms with E-state index in [1.54, 1.807) is 42.5 Å². The van der Waals surface area contributed by atoms with Gasteiger partial charge in [-0.15, -0.1) is 0 Å². The highest BCUT2D eigenvalue weighted by molar-refractivity contribution is 7.90. The summed E-state index contributed by atoms with van der Waals surface area (Å²) in [5.41, 5.74) is 2.14. The molecular weight excluding hydrogens is 288 g/mol. The molecule has 3 rings (SSSR count). The van der Waals surface area contributed by atoms with Gasteiger partial charge in [0, 0.05) is 11.8 Å². The Labute approximate surface area is 123 Å². The van der Waals surface area contributed by atoms with Crippen LogP contribution in [0.15, 0.2) is 47.4 Å². The fraction of sp³-hybridized carbons (Fsp3) is 0.125. The molecule has 0 saturated heterocycles. The summed E-state index contributed by atoms with van der Waals surface area (Å²) in [5.74, 6) is 0.819. The van der Waals surface area contributed by atoms with E-state index < -0.39 is 9.84 Å². The van der Waals surface area contributed by atoms with Crippen LogP contribution in [0.4, 0.5) is 0 Å². The molecule has 0 spiro atoms. The topological polar surface area (TPSA) is 63.6 Å². The van der Waals surface area contributed by atoms with Gasteiger partial charge in [-0.1, -0.05) is 18.2 Å². The van der Waals surface area contributed by atoms with E-state index in [1.807, 2.05) is 6.08 Å². The van der Waals surface area contributed by atoms with E-state index >= 15 is 0 Å². The van der Waals surface area contributed by atoms with Crippen molar-refractivity contribution in [1.29, 1.82) is 0 Å². The van der Waals surface area contributed by atoms with Gasteiger partial charge in [0.2, 0.25) is 0 Å². The Morgan fingerprint density at radius 1 is 1.14 bits per heavy atom. The predicted molar refractivity (Wildman–Crippen MR) is 81.0 cm³/mol. The molecule has 21 heavy (non-hydrogen) atoms. The average molecular weight is 302 g/mol. The number of sulfone groups is 1. The Balaban J connectivity index is 2.15. The van der Waals surface area contributed by atoms with Crippen molar-refractivity contribution in [2.45, 2.75) is 4.90 Å². The van der Waals surface area contributed by atoms with Gasteiger partial charge in [-0.25, -0.2) is 8.42 Å². The molecule has 108 valence electrons. The number of phenolic OH excluding ortho intramolecular Hbond substituents is 1. The smallest absolute Gasteiger partial charge is 0.176 e. The molecule has 0 bridgehead atoms. The summed E-state index contributed by atoms with van der Waals surface area (Å²) in [4.78, 5) is 0.281. The first-order valence-corrected chi connectivity index (χ1v) is 8.30. The average Bonchev–Trinajstić information content (AvgIpc) is 2.45. The molecule has 2 aromatic rings. The maximum Gasteiger partial charge on any atom is 0.176 e. The van der Waals surface area contributed by atoms with Gasteiger partial charge in [-0.2, -0.15) is 0 Å². The number of fused-ring (bicyclic) bond motifs is 1. The van der Waals surface area contributed by atoms with Crippen LogP contribution in [0, 0.1) is 0 Å². The van der Waals surface area contributed by atoms with Gasteiger partial charge in [0.25, 0.3) is 0 Å².